The van der Waals surface area contributed by atoms with E-state index in [-0.39, 0.29) is 18.4 Å². The van der Waals surface area contributed by atoms with Gasteiger partial charge in [0.15, 0.2) is 5.76 Å². The molecule has 1 aromatic heterocycles. The number of amides is 2. The highest BCUT2D eigenvalue weighted by Crippen LogP contribution is 2.25. The molecule has 1 aliphatic carbocycles. The Kier molecular flexibility index (Phi) is 12.5. The summed E-state index contributed by atoms with van der Waals surface area (Å²) < 4.78 is 23.4. The molecule has 9 heteroatoms. The number of carbonyl (C=O) groups is 2. The molecule has 0 radical (unpaired) electrons. The number of nitrogens with zero attached hydrogens (tertiary/aromatic N) is 1. The smallest absolute Gasteiger partial charge is 0.319 e. The molecule has 1 saturated carbocycles. The number of carbonyl (C=O) groups excluding carboxylic acids is 2. The molecule has 0 saturated heterocycles. The molecule has 1 fully saturated rings. The number of nitrogens with one attached hydrogen (secondary N) is 2. The van der Waals surface area contributed by atoms with Crippen molar-refractivity contribution in [3.63, 3.8) is 0 Å². The van der Waals surface area contributed by atoms with Gasteiger partial charge in [-0.2, -0.15) is 0 Å². The molecule has 0 unspecified atom stereocenters. The highest BCUT2D eigenvalue weighted by atomic mass is 16.5. The second-order valence-corrected chi connectivity index (χ2v) is 11.7. The highest BCUT2D eigenvalue weighted by Gasteiger charge is 2.18. The lowest BCUT2D eigenvalue weighted by molar-refractivity contribution is 0.0382. The lowest BCUT2D eigenvalue weighted by atomic mass is 10.2. The number of rotatable bonds is 18. The maximum atomic E-state index is 13.4. The molecule has 4 aromatic rings. The van der Waals surface area contributed by atoms with Gasteiger partial charge in [-0.15, -0.1) is 0 Å². The van der Waals surface area contributed by atoms with Crippen molar-refractivity contribution in [2.24, 2.45) is 0 Å². The monoisotopic (exact) mass is 627 g/mol. The van der Waals surface area contributed by atoms with Crippen molar-refractivity contribution < 1.29 is 28.2 Å². The fourth-order valence-corrected chi connectivity index (χ4v) is 5.49. The molecule has 9 nitrogen and oxygen atoms in total. The fraction of sp³-hybridized carbons (Fsp3) is 0.405. The summed E-state index contributed by atoms with van der Waals surface area (Å²) in [7, 11) is 0. The van der Waals surface area contributed by atoms with Gasteiger partial charge in [0.05, 0.1) is 25.9 Å². The van der Waals surface area contributed by atoms with Crippen LogP contribution in [0.2, 0.25) is 0 Å². The minimum Gasteiger partial charge on any atom is -0.494 e. The van der Waals surface area contributed by atoms with Crippen LogP contribution in [0.3, 0.4) is 0 Å². The predicted octanol–water partition coefficient (Wildman–Crippen LogP) is 7.46. The number of fused-ring (bicyclic) bond motifs is 1. The van der Waals surface area contributed by atoms with Gasteiger partial charge in [0.2, 0.25) is 5.78 Å². The number of furan rings is 1. The Labute approximate surface area is 271 Å². The predicted molar refractivity (Wildman–Crippen MR) is 180 cm³/mol. The first-order valence-electron chi connectivity index (χ1n) is 16.4. The van der Waals surface area contributed by atoms with Gasteiger partial charge < -0.3 is 29.3 Å². The van der Waals surface area contributed by atoms with Crippen LogP contribution in [0, 0.1) is 0 Å². The molecule has 1 aliphatic rings. The number of benzene rings is 3. The summed E-state index contributed by atoms with van der Waals surface area (Å²) in [6, 6.07) is 24.3. The Morgan fingerprint density at radius 1 is 0.891 bits per heavy atom. The van der Waals surface area contributed by atoms with Crippen LogP contribution in [0.15, 0.2) is 83.3 Å². The summed E-state index contributed by atoms with van der Waals surface area (Å²) in [5.41, 5.74) is 2.38. The van der Waals surface area contributed by atoms with Crippen LogP contribution in [0.1, 0.15) is 61.6 Å². The molecule has 1 heterocycles. The first kappa shape index (κ1) is 33.0. The molecule has 0 atom stereocenters. The number of anilines is 1. The second-order valence-electron chi connectivity index (χ2n) is 11.7. The van der Waals surface area contributed by atoms with Gasteiger partial charge >= 0.3 is 6.03 Å². The first-order chi connectivity index (χ1) is 22.6. The third-order valence-electron chi connectivity index (χ3n) is 7.98. The van der Waals surface area contributed by atoms with Crippen LogP contribution in [0.4, 0.5) is 10.5 Å². The fourth-order valence-electron chi connectivity index (χ4n) is 5.49. The third kappa shape index (κ3) is 10.4. The van der Waals surface area contributed by atoms with Crippen molar-refractivity contribution >= 4 is 28.5 Å². The molecule has 0 aliphatic heterocycles. The number of unbranched alkanes of at least 4 members (excludes halogenated alkanes) is 1. The molecule has 2 amide bonds. The summed E-state index contributed by atoms with van der Waals surface area (Å²) in [5.74, 6) is 1.65. The van der Waals surface area contributed by atoms with Crippen LogP contribution >= 0.6 is 0 Å². The standard InChI is InChI=1S/C37H45N3O6/c1-2-3-21-43-32-15-13-30(14-16-32)39-37(42)38-19-20-40(26-28-9-5-4-6-10-28)27-34(41)36-25-29-24-33(17-18-35(29)46-36)45-23-22-44-31-11-7-8-12-31/h4-6,9-10,13-18,24-25,31H,2-3,7-8,11-12,19-23,26-27H2,1H3,(H2,38,39,42). The topological polar surface area (TPSA) is 102 Å². The van der Waals surface area contributed by atoms with E-state index in [1.54, 1.807) is 6.07 Å². The van der Waals surface area contributed by atoms with E-state index in [0.717, 1.165) is 42.4 Å². The quantitative estimate of drug-likeness (QED) is 0.0872. The highest BCUT2D eigenvalue weighted by molar-refractivity contribution is 5.99. The van der Waals surface area contributed by atoms with Crippen molar-refractivity contribution in [1.82, 2.24) is 10.2 Å². The summed E-state index contributed by atoms with van der Waals surface area (Å²) >= 11 is 0. The number of hydrogen-bond acceptors (Lipinski definition) is 7. The molecular formula is C37H45N3O6. The maximum Gasteiger partial charge on any atom is 0.319 e. The van der Waals surface area contributed by atoms with Crippen molar-refractivity contribution in [2.45, 2.75) is 58.1 Å². The molecule has 0 spiro atoms. The Hall–Kier alpha value is -4.34. The zero-order valence-electron chi connectivity index (χ0n) is 26.7. The first-order valence-corrected chi connectivity index (χ1v) is 16.4. The van der Waals surface area contributed by atoms with Gasteiger partial charge in [-0.05, 0) is 73.4 Å². The Morgan fingerprint density at radius 3 is 2.43 bits per heavy atom. The van der Waals surface area contributed by atoms with Gasteiger partial charge in [-0.3, -0.25) is 9.69 Å². The average molecular weight is 628 g/mol. The maximum absolute atomic E-state index is 13.4. The molecule has 5 rings (SSSR count). The van der Waals surface area contributed by atoms with Crippen LogP contribution in [-0.4, -0.2) is 62.3 Å². The molecule has 3 aromatic carbocycles. The van der Waals surface area contributed by atoms with E-state index in [9.17, 15) is 9.59 Å². The molecular weight excluding hydrogens is 582 g/mol. The average Bonchev–Trinajstić information content (AvgIpc) is 3.75. The number of Topliss-reactive ketones (excluding diaryl/α,β-unsaturated/α-hetero) is 1. The summed E-state index contributed by atoms with van der Waals surface area (Å²) in [6.07, 6.45) is 7.20. The Balaban J connectivity index is 1.12. The number of ether oxygens (including phenoxy) is 3. The van der Waals surface area contributed by atoms with E-state index in [4.69, 9.17) is 18.6 Å². The number of urea groups is 1. The van der Waals surface area contributed by atoms with Gasteiger partial charge in [0, 0.05) is 30.7 Å². The van der Waals surface area contributed by atoms with Crippen molar-refractivity contribution in [3.8, 4) is 11.5 Å². The lowest BCUT2D eigenvalue weighted by Gasteiger charge is -2.21. The van der Waals surface area contributed by atoms with Crippen LogP contribution in [0.5, 0.6) is 11.5 Å². The van der Waals surface area contributed by atoms with Crippen LogP contribution in [0.25, 0.3) is 11.0 Å². The SMILES string of the molecule is CCCCOc1ccc(NC(=O)NCCN(CC(=O)c2cc3cc(OCCOC4CCCC4)ccc3o2)Cc2ccccc2)cc1. The van der Waals surface area contributed by atoms with E-state index in [0.29, 0.717) is 68.3 Å². The van der Waals surface area contributed by atoms with E-state index in [2.05, 4.69) is 17.6 Å². The minimum atomic E-state index is -0.314. The van der Waals surface area contributed by atoms with Gasteiger partial charge in [0.1, 0.15) is 23.7 Å². The van der Waals surface area contributed by atoms with Gasteiger partial charge in [-0.1, -0.05) is 56.5 Å². The Morgan fingerprint density at radius 2 is 1.65 bits per heavy atom. The largest absolute Gasteiger partial charge is 0.494 e. The van der Waals surface area contributed by atoms with E-state index in [1.807, 2.05) is 77.7 Å². The van der Waals surface area contributed by atoms with Gasteiger partial charge in [-0.25, -0.2) is 4.79 Å². The molecule has 0 bridgehead atoms. The van der Waals surface area contributed by atoms with Crippen molar-refractivity contribution in [3.05, 3.63) is 90.2 Å². The summed E-state index contributed by atoms with van der Waals surface area (Å²) in [4.78, 5) is 28.0. The van der Waals surface area contributed by atoms with Crippen LogP contribution < -0.4 is 20.1 Å². The zero-order valence-corrected chi connectivity index (χ0v) is 26.7. The van der Waals surface area contributed by atoms with E-state index in [1.165, 1.54) is 12.8 Å². The summed E-state index contributed by atoms with van der Waals surface area (Å²) in [5, 5.41) is 6.56. The van der Waals surface area contributed by atoms with Crippen molar-refractivity contribution in [2.75, 3.05) is 44.8 Å². The second kappa shape index (κ2) is 17.4. The van der Waals surface area contributed by atoms with E-state index >= 15 is 0 Å². The lowest BCUT2D eigenvalue weighted by Crippen LogP contribution is -2.38. The number of ketones is 1. The molecule has 2 N–H and O–H groups in total. The zero-order chi connectivity index (χ0) is 32.0. The third-order valence-corrected chi connectivity index (χ3v) is 7.98. The normalized spacial score (nSPS) is 13.3. The van der Waals surface area contributed by atoms with Crippen LogP contribution in [-0.2, 0) is 11.3 Å². The minimum absolute atomic E-state index is 0.134. The summed E-state index contributed by atoms with van der Waals surface area (Å²) in [6.45, 7) is 5.36. The van der Waals surface area contributed by atoms with Crippen molar-refractivity contribution in [1.29, 1.82) is 0 Å². The molecule has 244 valence electrons. The van der Waals surface area contributed by atoms with E-state index < -0.39 is 0 Å². The Bertz CT molecular complexity index is 1520. The number of hydrogen-bond donors (Lipinski definition) is 2. The van der Waals surface area contributed by atoms with Gasteiger partial charge in [0.25, 0.3) is 0 Å². The molecule has 46 heavy (non-hydrogen) atoms.